The van der Waals surface area contributed by atoms with Gasteiger partial charge in [-0.1, -0.05) is 57.8 Å². The first-order valence-electron chi connectivity index (χ1n) is 7.80. The molecule has 0 saturated carbocycles. The molecule has 0 aliphatic carbocycles. The molecule has 0 aliphatic rings. The van der Waals surface area contributed by atoms with Crippen molar-refractivity contribution in [2.45, 2.75) is 70.6 Å². The van der Waals surface area contributed by atoms with E-state index >= 15 is 0 Å². The summed E-state index contributed by atoms with van der Waals surface area (Å²) < 4.78 is 21.2. The van der Waals surface area contributed by atoms with Crippen LogP contribution in [-0.4, -0.2) is 31.9 Å². The zero-order valence-corrected chi connectivity index (χ0v) is 14.5. The van der Waals surface area contributed by atoms with Crippen LogP contribution in [0.4, 0.5) is 0 Å². The van der Waals surface area contributed by atoms with Crippen molar-refractivity contribution in [2.24, 2.45) is 0 Å². The molecule has 0 aromatic carbocycles. The summed E-state index contributed by atoms with van der Waals surface area (Å²) in [7, 11) is -7.61. The molecule has 0 aromatic heterocycles. The normalized spacial score (nSPS) is 12.8. The Labute approximate surface area is 127 Å². The lowest BCUT2D eigenvalue weighted by atomic mass is 10.1. The Balaban J connectivity index is 3.13. The van der Waals surface area contributed by atoms with Gasteiger partial charge in [0.05, 0.1) is 0 Å². The third-order valence-corrected chi connectivity index (χ3v) is 5.20. The van der Waals surface area contributed by atoms with Gasteiger partial charge in [0.1, 0.15) is 0 Å². The molecule has 0 saturated heterocycles. The number of rotatable bonds is 14. The van der Waals surface area contributed by atoms with Crippen LogP contribution in [0.25, 0.3) is 0 Å². The van der Waals surface area contributed by atoms with Crippen LogP contribution in [0, 0.1) is 0 Å². The Morgan fingerprint density at radius 3 is 0.810 bits per heavy atom. The van der Waals surface area contributed by atoms with Gasteiger partial charge in [0.2, 0.25) is 0 Å². The molecule has 0 heterocycles. The Kier molecular flexibility index (Phi) is 12.0. The van der Waals surface area contributed by atoms with E-state index in [0.717, 1.165) is 57.8 Å². The topological polar surface area (TPSA) is 115 Å². The van der Waals surface area contributed by atoms with Crippen LogP contribution >= 0.6 is 15.2 Å². The van der Waals surface area contributed by atoms with Crippen LogP contribution in [0.3, 0.4) is 0 Å². The monoisotopic (exact) mass is 344 g/mol. The summed E-state index contributed by atoms with van der Waals surface area (Å²) in [5.74, 6) is 0. The number of unbranched alkanes of at least 4 members (excludes halogenated alkanes) is 10. The van der Waals surface area contributed by atoms with Crippen molar-refractivity contribution < 1.29 is 28.7 Å². The van der Waals surface area contributed by atoms with Crippen molar-refractivity contribution in [1.29, 1.82) is 0 Å². The lowest BCUT2D eigenvalue weighted by molar-refractivity contribution is 0.368. The van der Waals surface area contributed by atoms with E-state index in [1.165, 1.54) is 0 Å². The number of hydrogen-bond acceptors (Lipinski definition) is 2. The highest BCUT2D eigenvalue weighted by molar-refractivity contribution is 7.52. The fourth-order valence-corrected chi connectivity index (χ4v) is 3.50. The van der Waals surface area contributed by atoms with Gasteiger partial charge >= 0.3 is 15.2 Å². The molecule has 0 bridgehead atoms. The summed E-state index contributed by atoms with van der Waals surface area (Å²) in [6.45, 7) is 0. The van der Waals surface area contributed by atoms with Crippen LogP contribution in [0.15, 0.2) is 0 Å². The highest BCUT2D eigenvalue weighted by atomic mass is 31.2. The summed E-state index contributed by atoms with van der Waals surface area (Å²) in [6.07, 6.45) is 10.7. The van der Waals surface area contributed by atoms with Gasteiger partial charge in [0.25, 0.3) is 0 Å². The molecule has 21 heavy (non-hydrogen) atoms. The van der Waals surface area contributed by atoms with Crippen LogP contribution in [-0.2, 0) is 9.13 Å². The lowest BCUT2D eigenvalue weighted by Crippen LogP contribution is -1.89. The van der Waals surface area contributed by atoms with Crippen molar-refractivity contribution >= 4 is 15.2 Å². The average molecular weight is 344 g/mol. The third-order valence-electron chi connectivity index (χ3n) is 3.40. The summed E-state index contributed by atoms with van der Waals surface area (Å²) in [6, 6.07) is 0. The van der Waals surface area contributed by atoms with Gasteiger partial charge in [0.15, 0.2) is 0 Å². The van der Waals surface area contributed by atoms with Crippen LogP contribution in [0.1, 0.15) is 70.6 Å². The van der Waals surface area contributed by atoms with Gasteiger partial charge in [-0.05, 0) is 12.8 Å². The molecule has 128 valence electrons. The van der Waals surface area contributed by atoms with Crippen molar-refractivity contribution in [1.82, 2.24) is 0 Å². The highest BCUT2D eigenvalue weighted by Crippen LogP contribution is 2.36. The van der Waals surface area contributed by atoms with Crippen molar-refractivity contribution in [3.8, 4) is 0 Å². The molecule has 0 atom stereocenters. The fourth-order valence-electron chi connectivity index (χ4n) is 2.23. The van der Waals surface area contributed by atoms with Crippen molar-refractivity contribution in [3.05, 3.63) is 0 Å². The molecule has 0 amide bonds. The average Bonchev–Trinajstić information content (AvgIpc) is 2.32. The van der Waals surface area contributed by atoms with Crippen molar-refractivity contribution in [2.75, 3.05) is 12.3 Å². The second-order valence-corrected chi connectivity index (χ2v) is 9.22. The summed E-state index contributed by atoms with van der Waals surface area (Å²) >= 11 is 0. The maximum Gasteiger partial charge on any atom is 0.325 e. The first-order chi connectivity index (χ1) is 9.71. The Hall–Kier alpha value is 0.300. The van der Waals surface area contributed by atoms with E-state index in [0.29, 0.717) is 12.8 Å². The zero-order valence-electron chi connectivity index (χ0n) is 12.7. The van der Waals surface area contributed by atoms with Gasteiger partial charge in [-0.2, -0.15) is 0 Å². The second-order valence-electron chi connectivity index (χ2n) is 5.67. The van der Waals surface area contributed by atoms with Crippen LogP contribution < -0.4 is 0 Å². The Bertz CT molecular complexity index is 304. The quantitative estimate of drug-likeness (QED) is 0.282. The fraction of sp³-hybridized carbons (Fsp3) is 1.00. The van der Waals surface area contributed by atoms with E-state index < -0.39 is 15.2 Å². The maximum atomic E-state index is 10.6. The minimum Gasteiger partial charge on any atom is -0.324 e. The molecule has 0 aromatic rings. The van der Waals surface area contributed by atoms with Gasteiger partial charge in [-0.15, -0.1) is 0 Å². The Morgan fingerprint density at radius 2 is 0.619 bits per heavy atom. The molecule has 6 nitrogen and oxygen atoms in total. The predicted molar refractivity (Wildman–Crippen MR) is 84.6 cm³/mol. The standard InChI is InChI=1S/C13H30O6P2/c14-20(15,16)12-10-8-6-4-2-1-3-5-7-9-11-13-21(17,18)19/h1-13H2,(H2,14,15,16)(H2,17,18,19). The summed E-state index contributed by atoms with van der Waals surface area (Å²) in [4.78, 5) is 34.8. The molecule has 0 unspecified atom stereocenters. The highest BCUT2D eigenvalue weighted by Gasteiger charge is 2.11. The maximum absolute atomic E-state index is 10.6. The van der Waals surface area contributed by atoms with E-state index in [-0.39, 0.29) is 12.3 Å². The van der Waals surface area contributed by atoms with E-state index in [1.54, 1.807) is 0 Å². The predicted octanol–water partition coefficient (Wildman–Crippen LogP) is 3.63. The molecule has 0 fully saturated rings. The molecule has 0 aliphatic heterocycles. The smallest absolute Gasteiger partial charge is 0.324 e. The van der Waals surface area contributed by atoms with Crippen molar-refractivity contribution in [3.63, 3.8) is 0 Å². The Morgan fingerprint density at radius 1 is 0.429 bits per heavy atom. The van der Waals surface area contributed by atoms with E-state index in [1.807, 2.05) is 0 Å². The molecule has 0 radical (unpaired) electrons. The van der Waals surface area contributed by atoms with E-state index in [2.05, 4.69) is 0 Å². The molecule has 0 spiro atoms. The first kappa shape index (κ1) is 21.3. The van der Waals surface area contributed by atoms with Crippen LogP contribution in [0.2, 0.25) is 0 Å². The lowest BCUT2D eigenvalue weighted by Gasteiger charge is -2.05. The molecule has 8 heteroatoms. The molecule has 0 rings (SSSR count). The summed E-state index contributed by atoms with van der Waals surface area (Å²) in [5, 5.41) is 0. The van der Waals surface area contributed by atoms with Crippen LogP contribution in [0.5, 0.6) is 0 Å². The zero-order chi connectivity index (χ0) is 16.2. The SMILES string of the molecule is O=P(O)(O)CCCCCCCCCCCCCP(=O)(O)O. The first-order valence-corrected chi connectivity index (χ1v) is 11.4. The van der Waals surface area contributed by atoms with Gasteiger partial charge < -0.3 is 19.6 Å². The molecular weight excluding hydrogens is 314 g/mol. The second kappa shape index (κ2) is 11.8. The van der Waals surface area contributed by atoms with E-state index in [9.17, 15) is 9.13 Å². The van der Waals surface area contributed by atoms with Gasteiger partial charge in [0, 0.05) is 12.3 Å². The minimum atomic E-state index is -3.81. The van der Waals surface area contributed by atoms with Gasteiger partial charge in [-0.25, -0.2) is 0 Å². The molecule has 4 N–H and O–H groups in total. The summed E-state index contributed by atoms with van der Waals surface area (Å²) in [5.41, 5.74) is 0. The van der Waals surface area contributed by atoms with Gasteiger partial charge in [-0.3, -0.25) is 9.13 Å². The minimum absolute atomic E-state index is 0.00160. The molecular formula is C13H30O6P2. The third kappa shape index (κ3) is 20.3. The van der Waals surface area contributed by atoms with E-state index in [4.69, 9.17) is 19.6 Å². The largest absolute Gasteiger partial charge is 0.325 e. The number of hydrogen-bond donors (Lipinski definition) is 4.